The van der Waals surface area contributed by atoms with Crippen molar-refractivity contribution in [3.8, 4) is 11.5 Å². The summed E-state index contributed by atoms with van der Waals surface area (Å²) >= 11 is 3.30. The van der Waals surface area contributed by atoms with E-state index >= 15 is 0 Å². The average Bonchev–Trinajstić information content (AvgIpc) is 2.86. The Kier molecular flexibility index (Phi) is 7.11. The van der Waals surface area contributed by atoms with Gasteiger partial charge in [-0.15, -0.1) is 0 Å². The zero-order valence-electron chi connectivity index (χ0n) is 18.8. The van der Waals surface area contributed by atoms with Gasteiger partial charge in [-0.3, -0.25) is 25.0 Å². The fourth-order valence-corrected chi connectivity index (χ4v) is 3.71. The van der Waals surface area contributed by atoms with Crippen molar-refractivity contribution in [2.75, 3.05) is 12.0 Å². The molecular formula is C25H18BrN3O7. The normalized spacial score (nSPS) is 14.6. The molecular weight excluding hydrogens is 534 g/mol. The number of ether oxygens (including phenoxy) is 2. The number of nitrogens with one attached hydrogen (secondary N) is 1. The fraction of sp³-hybridized carbons (Fsp3) is 0.0800. The van der Waals surface area contributed by atoms with Crippen LogP contribution in [0.2, 0.25) is 0 Å². The Morgan fingerprint density at radius 1 is 1.06 bits per heavy atom. The van der Waals surface area contributed by atoms with E-state index in [0.717, 1.165) is 9.37 Å². The van der Waals surface area contributed by atoms with Crippen molar-refractivity contribution in [3.05, 3.63) is 98.0 Å². The molecule has 3 aromatic rings. The number of methoxy groups -OCH3 is 1. The Morgan fingerprint density at radius 2 is 1.81 bits per heavy atom. The molecule has 0 radical (unpaired) electrons. The molecule has 0 aromatic heterocycles. The predicted octanol–water partition coefficient (Wildman–Crippen LogP) is 4.61. The van der Waals surface area contributed by atoms with E-state index in [2.05, 4.69) is 21.2 Å². The van der Waals surface area contributed by atoms with E-state index in [1.165, 1.54) is 25.3 Å². The maximum Gasteiger partial charge on any atom is 0.335 e. The zero-order chi connectivity index (χ0) is 25.8. The van der Waals surface area contributed by atoms with Crippen LogP contribution in [0.15, 0.2) is 76.8 Å². The van der Waals surface area contributed by atoms with E-state index in [0.29, 0.717) is 16.9 Å². The molecule has 10 nitrogen and oxygen atoms in total. The number of nitro groups is 1. The van der Waals surface area contributed by atoms with E-state index in [9.17, 15) is 24.5 Å². The maximum absolute atomic E-state index is 13.2. The van der Waals surface area contributed by atoms with Gasteiger partial charge >= 0.3 is 6.03 Å². The van der Waals surface area contributed by atoms with Gasteiger partial charge in [0.2, 0.25) is 0 Å². The first-order valence-electron chi connectivity index (χ1n) is 10.5. The molecule has 11 heteroatoms. The molecule has 36 heavy (non-hydrogen) atoms. The molecule has 0 aliphatic carbocycles. The largest absolute Gasteiger partial charge is 0.497 e. The Bertz CT molecular complexity index is 1400. The smallest absolute Gasteiger partial charge is 0.335 e. The Morgan fingerprint density at radius 3 is 2.50 bits per heavy atom. The number of benzene rings is 3. The highest BCUT2D eigenvalue weighted by Crippen LogP contribution is 2.30. The van der Waals surface area contributed by atoms with Crippen molar-refractivity contribution < 1.29 is 28.8 Å². The van der Waals surface area contributed by atoms with Gasteiger partial charge < -0.3 is 9.47 Å². The van der Waals surface area contributed by atoms with Crippen molar-refractivity contribution >= 4 is 51.2 Å². The molecule has 1 N–H and O–H groups in total. The van der Waals surface area contributed by atoms with Gasteiger partial charge in [0.1, 0.15) is 23.7 Å². The summed E-state index contributed by atoms with van der Waals surface area (Å²) in [5.74, 6) is -0.927. The summed E-state index contributed by atoms with van der Waals surface area (Å²) in [5.41, 5.74) is 0.846. The van der Waals surface area contributed by atoms with Gasteiger partial charge in [0.05, 0.1) is 17.7 Å². The molecule has 182 valence electrons. The Balaban J connectivity index is 1.67. The van der Waals surface area contributed by atoms with E-state index in [-0.39, 0.29) is 29.3 Å². The number of nitro benzene ring substituents is 1. The second-order valence-corrected chi connectivity index (χ2v) is 8.47. The standard InChI is InChI=1S/C25H18BrN3O7/c1-35-20-10-5-16(22(13-20)36-14-15-3-2-4-19(11-15)29(33)34)12-21-23(30)27-25(32)28(24(21)31)18-8-6-17(26)7-9-18/h2-13H,14H2,1H3,(H,27,30,32)/b21-12+. The minimum atomic E-state index is -0.860. The van der Waals surface area contributed by atoms with Gasteiger partial charge in [0.15, 0.2) is 0 Å². The predicted molar refractivity (Wildman–Crippen MR) is 134 cm³/mol. The van der Waals surface area contributed by atoms with Crippen LogP contribution in [0.4, 0.5) is 16.2 Å². The van der Waals surface area contributed by atoms with Crippen molar-refractivity contribution in [2.45, 2.75) is 6.61 Å². The lowest BCUT2D eigenvalue weighted by molar-refractivity contribution is -0.384. The molecule has 4 rings (SSSR count). The molecule has 4 amide bonds. The summed E-state index contributed by atoms with van der Waals surface area (Å²) in [6.07, 6.45) is 1.32. The first-order chi connectivity index (χ1) is 17.3. The van der Waals surface area contributed by atoms with E-state index in [1.54, 1.807) is 54.6 Å². The molecule has 1 saturated heterocycles. The van der Waals surface area contributed by atoms with Crippen LogP contribution < -0.4 is 19.7 Å². The summed E-state index contributed by atoms with van der Waals surface area (Å²) in [6, 6.07) is 16.4. The number of nitrogens with zero attached hydrogens (tertiary/aromatic N) is 2. The van der Waals surface area contributed by atoms with E-state index < -0.39 is 22.8 Å². The number of halogens is 1. The zero-order valence-corrected chi connectivity index (χ0v) is 20.4. The second-order valence-electron chi connectivity index (χ2n) is 7.55. The van der Waals surface area contributed by atoms with Crippen molar-refractivity contribution in [1.82, 2.24) is 5.32 Å². The number of carbonyl (C=O) groups excluding carboxylic acids is 3. The molecule has 1 aliphatic heterocycles. The highest BCUT2D eigenvalue weighted by molar-refractivity contribution is 9.10. The van der Waals surface area contributed by atoms with E-state index in [4.69, 9.17) is 9.47 Å². The highest BCUT2D eigenvalue weighted by atomic mass is 79.9. The lowest BCUT2D eigenvalue weighted by Gasteiger charge is -2.26. The number of carbonyl (C=O) groups is 3. The van der Waals surface area contributed by atoms with Crippen LogP contribution in [0.3, 0.4) is 0 Å². The summed E-state index contributed by atoms with van der Waals surface area (Å²) in [5, 5.41) is 13.2. The monoisotopic (exact) mass is 551 g/mol. The number of hydrogen-bond donors (Lipinski definition) is 1. The average molecular weight is 552 g/mol. The quantitative estimate of drug-likeness (QED) is 0.196. The third-order valence-corrected chi connectivity index (χ3v) is 5.75. The number of amides is 4. The second kappa shape index (κ2) is 10.4. The summed E-state index contributed by atoms with van der Waals surface area (Å²) < 4.78 is 11.9. The minimum Gasteiger partial charge on any atom is -0.497 e. The Hall–Kier alpha value is -4.51. The molecule has 0 saturated carbocycles. The number of barbiturate groups is 1. The Labute approximate surface area is 213 Å². The highest BCUT2D eigenvalue weighted by Gasteiger charge is 2.37. The summed E-state index contributed by atoms with van der Waals surface area (Å²) in [4.78, 5) is 49.6. The molecule has 1 heterocycles. The first kappa shape index (κ1) is 24.6. The maximum atomic E-state index is 13.2. The van der Waals surface area contributed by atoms with Crippen LogP contribution in [-0.2, 0) is 16.2 Å². The van der Waals surface area contributed by atoms with Crippen molar-refractivity contribution in [3.63, 3.8) is 0 Å². The molecule has 0 atom stereocenters. The number of imide groups is 2. The van der Waals surface area contributed by atoms with Gasteiger partial charge in [-0.2, -0.15) is 0 Å². The van der Waals surface area contributed by atoms with Gasteiger partial charge in [-0.05, 0) is 48.0 Å². The lowest BCUT2D eigenvalue weighted by atomic mass is 10.1. The number of non-ortho nitro benzene ring substituents is 1. The lowest BCUT2D eigenvalue weighted by Crippen LogP contribution is -2.54. The summed E-state index contributed by atoms with van der Waals surface area (Å²) in [6.45, 7) is -0.0192. The number of anilines is 1. The SMILES string of the molecule is COc1ccc(/C=C2\C(=O)NC(=O)N(c3ccc(Br)cc3)C2=O)c(OCc2cccc([N+](=O)[O-])c2)c1. The minimum absolute atomic E-state index is 0.0192. The molecule has 1 aliphatic rings. The van der Waals surface area contributed by atoms with Crippen LogP contribution in [-0.4, -0.2) is 29.9 Å². The van der Waals surface area contributed by atoms with Crippen LogP contribution >= 0.6 is 15.9 Å². The van der Waals surface area contributed by atoms with Crippen molar-refractivity contribution in [1.29, 1.82) is 0 Å². The van der Waals surface area contributed by atoms with Crippen LogP contribution in [0, 0.1) is 10.1 Å². The molecule has 0 spiro atoms. The number of rotatable bonds is 7. The molecule has 3 aromatic carbocycles. The van der Waals surface area contributed by atoms with Gasteiger partial charge in [-0.25, -0.2) is 9.69 Å². The van der Waals surface area contributed by atoms with Crippen LogP contribution in [0.5, 0.6) is 11.5 Å². The first-order valence-corrected chi connectivity index (χ1v) is 11.3. The van der Waals surface area contributed by atoms with Crippen LogP contribution in [0.25, 0.3) is 6.08 Å². The number of urea groups is 1. The fourth-order valence-electron chi connectivity index (χ4n) is 3.44. The van der Waals surface area contributed by atoms with Crippen molar-refractivity contribution in [2.24, 2.45) is 0 Å². The van der Waals surface area contributed by atoms with Crippen LogP contribution in [0.1, 0.15) is 11.1 Å². The van der Waals surface area contributed by atoms with Gasteiger partial charge in [-0.1, -0.05) is 28.1 Å². The number of hydrogen-bond acceptors (Lipinski definition) is 7. The topological polar surface area (TPSA) is 128 Å². The third kappa shape index (κ3) is 5.26. The summed E-state index contributed by atoms with van der Waals surface area (Å²) in [7, 11) is 1.47. The van der Waals surface area contributed by atoms with Gasteiger partial charge in [0.25, 0.3) is 17.5 Å². The van der Waals surface area contributed by atoms with E-state index in [1.807, 2.05) is 0 Å². The molecule has 0 unspecified atom stereocenters. The molecule has 0 bridgehead atoms. The third-order valence-electron chi connectivity index (χ3n) is 5.22. The molecule has 1 fully saturated rings. The van der Waals surface area contributed by atoms with Gasteiger partial charge in [0, 0.05) is 28.2 Å².